The molecule has 1 heterocycles. The molecule has 1 saturated heterocycles. The average Bonchev–Trinajstić information content (AvgIpc) is 3.12. The number of likely N-dealkylation sites (N-methyl/N-ethyl adjacent to an activating group) is 1. The van der Waals surface area contributed by atoms with Gasteiger partial charge in [-0.25, -0.2) is 4.79 Å². The van der Waals surface area contributed by atoms with Crippen LogP contribution in [0.25, 0.3) is 0 Å². The van der Waals surface area contributed by atoms with Crippen molar-refractivity contribution < 1.29 is 9.53 Å². The Balaban J connectivity index is 1.57. The molecule has 20 heavy (non-hydrogen) atoms. The van der Waals surface area contributed by atoms with Crippen LogP contribution in [-0.2, 0) is 4.74 Å². The highest BCUT2D eigenvalue weighted by Gasteiger charge is 2.23. The fraction of sp³-hybridized carbons (Fsp3) is 0.933. The molecule has 1 aliphatic heterocycles. The van der Waals surface area contributed by atoms with E-state index in [9.17, 15) is 4.79 Å². The molecule has 1 saturated carbocycles. The molecule has 2 amide bonds. The predicted molar refractivity (Wildman–Crippen MR) is 79.9 cm³/mol. The van der Waals surface area contributed by atoms with Gasteiger partial charge < -0.3 is 20.3 Å². The van der Waals surface area contributed by atoms with Gasteiger partial charge in [-0.3, -0.25) is 0 Å². The summed E-state index contributed by atoms with van der Waals surface area (Å²) in [6, 6.07) is 0.726. The van der Waals surface area contributed by atoms with Gasteiger partial charge >= 0.3 is 6.03 Å². The quantitative estimate of drug-likeness (QED) is 0.780. The first-order valence-electron chi connectivity index (χ1n) is 8.03. The van der Waals surface area contributed by atoms with E-state index in [1.165, 1.54) is 25.7 Å². The van der Waals surface area contributed by atoms with Crippen molar-refractivity contribution in [2.45, 2.75) is 63.6 Å². The van der Waals surface area contributed by atoms with Crippen molar-refractivity contribution in [3.05, 3.63) is 0 Å². The molecular formula is C15H29N3O2. The predicted octanol–water partition coefficient (Wildman–Crippen LogP) is 1.73. The van der Waals surface area contributed by atoms with E-state index in [1.807, 2.05) is 6.92 Å². The molecule has 0 radical (unpaired) electrons. The smallest absolute Gasteiger partial charge is 0.315 e. The first-order valence-corrected chi connectivity index (χ1v) is 8.03. The lowest BCUT2D eigenvalue weighted by Gasteiger charge is -2.24. The number of nitrogens with zero attached hydrogens (tertiary/aromatic N) is 1. The molecule has 0 aromatic rings. The summed E-state index contributed by atoms with van der Waals surface area (Å²) in [5.74, 6) is 0. The highest BCUT2D eigenvalue weighted by molar-refractivity contribution is 5.74. The van der Waals surface area contributed by atoms with Gasteiger partial charge in [0.2, 0.25) is 0 Å². The molecule has 5 nitrogen and oxygen atoms in total. The standard InChI is InChI=1S/C15H29N3O2/c1-12(14-8-5-11-20-14)17-15(19)16-9-10-18(2)13-6-3-4-7-13/h12-14H,3-11H2,1-2H3,(H2,16,17,19)/t12-,14+/m1/s1. The van der Waals surface area contributed by atoms with Crippen LogP contribution in [0.1, 0.15) is 45.4 Å². The maximum Gasteiger partial charge on any atom is 0.315 e. The van der Waals surface area contributed by atoms with Crippen LogP contribution in [-0.4, -0.2) is 55.9 Å². The van der Waals surface area contributed by atoms with Crippen molar-refractivity contribution in [2.75, 3.05) is 26.7 Å². The number of nitrogens with one attached hydrogen (secondary N) is 2. The van der Waals surface area contributed by atoms with Crippen molar-refractivity contribution in [2.24, 2.45) is 0 Å². The summed E-state index contributed by atoms with van der Waals surface area (Å²) in [5.41, 5.74) is 0. The number of hydrogen-bond donors (Lipinski definition) is 2. The topological polar surface area (TPSA) is 53.6 Å². The zero-order valence-electron chi connectivity index (χ0n) is 12.9. The van der Waals surface area contributed by atoms with E-state index >= 15 is 0 Å². The van der Waals surface area contributed by atoms with Gasteiger partial charge in [-0.15, -0.1) is 0 Å². The summed E-state index contributed by atoms with van der Waals surface area (Å²) in [5, 5.41) is 5.92. The van der Waals surface area contributed by atoms with Crippen molar-refractivity contribution in [3.8, 4) is 0 Å². The van der Waals surface area contributed by atoms with Crippen molar-refractivity contribution in [1.82, 2.24) is 15.5 Å². The van der Waals surface area contributed by atoms with Gasteiger partial charge in [-0.2, -0.15) is 0 Å². The fourth-order valence-corrected chi connectivity index (χ4v) is 3.22. The third-order valence-electron chi connectivity index (χ3n) is 4.58. The first-order chi connectivity index (χ1) is 9.66. The van der Waals surface area contributed by atoms with Gasteiger partial charge in [0.15, 0.2) is 0 Å². The zero-order valence-corrected chi connectivity index (χ0v) is 12.9. The Morgan fingerprint density at radius 2 is 2.05 bits per heavy atom. The van der Waals surface area contributed by atoms with Crippen LogP contribution in [0.5, 0.6) is 0 Å². The molecule has 2 N–H and O–H groups in total. The Hall–Kier alpha value is -0.810. The minimum atomic E-state index is -0.0761. The molecule has 0 spiro atoms. The van der Waals surface area contributed by atoms with Gasteiger partial charge in [0.05, 0.1) is 12.1 Å². The Morgan fingerprint density at radius 1 is 1.30 bits per heavy atom. The summed E-state index contributed by atoms with van der Waals surface area (Å²) in [6.07, 6.45) is 7.64. The number of carbonyl (C=O) groups is 1. The third kappa shape index (κ3) is 4.63. The largest absolute Gasteiger partial charge is 0.376 e. The van der Waals surface area contributed by atoms with E-state index in [4.69, 9.17) is 4.74 Å². The van der Waals surface area contributed by atoms with E-state index < -0.39 is 0 Å². The molecule has 1 aliphatic carbocycles. The number of hydrogen-bond acceptors (Lipinski definition) is 3. The van der Waals surface area contributed by atoms with Crippen LogP contribution >= 0.6 is 0 Å². The van der Waals surface area contributed by atoms with Crippen LogP contribution in [0.3, 0.4) is 0 Å². The van der Waals surface area contributed by atoms with Crippen molar-refractivity contribution in [1.29, 1.82) is 0 Å². The lowest BCUT2D eigenvalue weighted by Crippen LogP contribution is -2.47. The van der Waals surface area contributed by atoms with Gasteiger partial charge in [0, 0.05) is 25.7 Å². The molecule has 2 aliphatic rings. The summed E-state index contributed by atoms with van der Waals surface area (Å²) < 4.78 is 5.58. The maximum absolute atomic E-state index is 11.8. The second-order valence-electron chi connectivity index (χ2n) is 6.16. The highest BCUT2D eigenvalue weighted by Crippen LogP contribution is 2.21. The lowest BCUT2D eigenvalue weighted by molar-refractivity contribution is 0.0860. The lowest BCUT2D eigenvalue weighted by atomic mass is 10.1. The van der Waals surface area contributed by atoms with Crippen molar-refractivity contribution in [3.63, 3.8) is 0 Å². The van der Waals surface area contributed by atoms with E-state index in [0.717, 1.165) is 26.0 Å². The summed E-state index contributed by atoms with van der Waals surface area (Å²) >= 11 is 0. The molecule has 0 unspecified atom stereocenters. The normalized spacial score (nSPS) is 25.1. The number of carbonyl (C=O) groups excluding carboxylic acids is 1. The molecule has 2 atom stereocenters. The molecule has 5 heteroatoms. The van der Waals surface area contributed by atoms with Crippen LogP contribution in [0.4, 0.5) is 4.79 Å². The number of rotatable bonds is 6. The molecule has 2 rings (SSSR count). The van der Waals surface area contributed by atoms with Crippen molar-refractivity contribution >= 4 is 6.03 Å². The minimum absolute atomic E-state index is 0.0761. The maximum atomic E-state index is 11.8. The zero-order chi connectivity index (χ0) is 14.4. The minimum Gasteiger partial charge on any atom is -0.376 e. The van der Waals surface area contributed by atoms with Gasteiger partial charge in [0.25, 0.3) is 0 Å². The van der Waals surface area contributed by atoms with Crippen LogP contribution in [0.2, 0.25) is 0 Å². The Morgan fingerprint density at radius 3 is 2.70 bits per heavy atom. The molecule has 116 valence electrons. The summed E-state index contributed by atoms with van der Waals surface area (Å²) in [6.45, 7) is 4.47. The summed E-state index contributed by atoms with van der Waals surface area (Å²) in [7, 11) is 2.16. The second kappa shape index (κ2) is 7.84. The first kappa shape index (κ1) is 15.6. The van der Waals surface area contributed by atoms with E-state index in [2.05, 4.69) is 22.6 Å². The van der Waals surface area contributed by atoms with Crippen LogP contribution in [0, 0.1) is 0 Å². The van der Waals surface area contributed by atoms with E-state index in [0.29, 0.717) is 12.6 Å². The Kier molecular flexibility index (Phi) is 6.10. The molecule has 0 aromatic heterocycles. The number of urea groups is 1. The van der Waals surface area contributed by atoms with Gasteiger partial charge in [-0.1, -0.05) is 12.8 Å². The SMILES string of the molecule is C[C@@H](NC(=O)NCCN(C)C1CCCC1)[C@@H]1CCCO1. The Bertz CT molecular complexity index is 299. The number of amides is 2. The monoisotopic (exact) mass is 283 g/mol. The molecule has 2 fully saturated rings. The van der Waals surface area contributed by atoms with E-state index in [1.54, 1.807) is 0 Å². The van der Waals surface area contributed by atoms with Gasteiger partial charge in [0.1, 0.15) is 0 Å². The Labute approximate surface area is 122 Å². The van der Waals surface area contributed by atoms with Crippen LogP contribution in [0.15, 0.2) is 0 Å². The summed E-state index contributed by atoms with van der Waals surface area (Å²) in [4.78, 5) is 14.2. The third-order valence-corrected chi connectivity index (χ3v) is 4.58. The van der Waals surface area contributed by atoms with Gasteiger partial charge in [-0.05, 0) is 39.7 Å². The number of ether oxygens (including phenoxy) is 1. The average molecular weight is 283 g/mol. The highest BCUT2D eigenvalue weighted by atomic mass is 16.5. The molecule has 0 bridgehead atoms. The second-order valence-corrected chi connectivity index (χ2v) is 6.16. The molecule has 0 aromatic carbocycles. The molecular weight excluding hydrogens is 254 g/mol. The van der Waals surface area contributed by atoms with E-state index in [-0.39, 0.29) is 18.2 Å². The van der Waals surface area contributed by atoms with Crippen LogP contribution < -0.4 is 10.6 Å². The fourth-order valence-electron chi connectivity index (χ4n) is 3.22.